The summed E-state index contributed by atoms with van der Waals surface area (Å²) in [6.45, 7) is 5.73. The summed E-state index contributed by atoms with van der Waals surface area (Å²) in [6, 6.07) is 3.53. The van der Waals surface area contributed by atoms with E-state index in [1.165, 1.54) is 12.5 Å². The van der Waals surface area contributed by atoms with Gasteiger partial charge >= 0.3 is 0 Å². The van der Waals surface area contributed by atoms with E-state index in [2.05, 4.69) is 22.4 Å². The van der Waals surface area contributed by atoms with E-state index >= 15 is 0 Å². The molecule has 3 unspecified atom stereocenters. The Kier molecular flexibility index (Phi) is 3.83. The molecule has 0 aromatic carbocycles. The van der Waals surface area contributed by atoms with Gasteiger partial charge in [-0.25, -0.2) is 0 Å². The number of furan rings is 1. The first-order valence-electron chi connectivity index (χ1n) is 7.41. The third-order valence-electron chi connectivity index (χ3n) is 3.79. The lowest BCUT2D eigenvalue weighted by Gasteiger charge is -2.06. The largest absolute Gasteiger partial charge is 0.461 e. The molecule has 0 bridgehead atoms. The highest BCUT2D eigenvalue weighted by Crippen LogP contribution is 2.47. The van der Waals surface area contributed by atoms with Crippen molar-refractivity contribution in [3.8, 4) is 0 Å². The van der Waals surface area contributed by atoms with Crippen molar-refractivity contribution >= 4 is 12.0 Å². The molecule has 3 rings (SSSR count). The summed E-state index contributed by atoms with van der Waals surface area (Å²) in [5.41, 5.74) is 0. The number of rotatable bonds is 5. The van der Waals surface area contributed by atoms with E-state index in [1.807, 2.05) is 12.1 Å². The van der Waals surface area contributed by atoms with Crippen LogP contribution in [0.4, 0.5) is 0 Å². The van der Waals surface area contributed by atoms with Crippen molar-refractivity contribution < 1.29 is 13.7 Å². The van der Waals surface area contributed by atoms with Gasteiger partial charge in [0.25, 0.3) is 0 Å². The maximum atomic E-state index is 11.9. The number of nitrogens with zero attached hydrogens (tertiary/aromatic N) is 2. The Morgan fingerprint density at radius 1 is 1.50 bits per heavy atom. The normalized spacial score (nSPS) is 22.0. The van der Waals surface area contributed by atoms with E-state index in [0.29, 0.717) is 29.3 Å². The van der Waals surface area contributed by atoms with Gasteiger partial charge in [-0.1, -0.05) is 12.1 Å². The van der Waals surface area contributed by atoms with Crippen molar-refractivity contribution in [3.05, 3.63) is 41.4 Å². The van der Waals surface area contributed by atoms with Crippen LogP contribution in [0.25, 0.3) is 6.08 Å². The highest BCUT2D eigenvalue weighted by molar-refractivity contribution is 5.91. The standard InChI is InChI=1S/C16H19N3O3/c1-9-8-13(9)14-6-4-12(21-14)5-7-15(20)17-10(2)16-18-11(3)19-22-16/h4-7,9-10,13H,8H2,1-3H3,(H,17,20). The quantitative estimate of drug-likeness (QED) is 0.859. The molecule has 2 aromatic rings. The van der Waals surface area contributed by atoms with E-state index < -0.39 is 0 Å². The van der Waals surface area contributed by atoms with Gasteiger partial charge in [0.05, 0.1) is 0 Å². The molecule has 2 aromatic heterocycles. The Balaban J connectivity index is 1.55. The van der Waals surface area contributed by atoms with Crippen LogP contribution in [0.3, 0.4) is 0 Å². The topological polar surface area (TPSA) is 81.2 Å². The van der Waals surface area contributed by atoms with E-state index in [9.17, 15) is 4.79 Å². The van der Waals surface area contributed by atoms with E-state index in [4.69, 9.17) is 8.94 Å². The Hall–Kier alpha value is -2.37. The fourth-order valence-corrected chi connectivity index (χ4v) is 2.35. The summed E-state index contributed by atoms with van der Waals surface area (Å²) in [7, 11) is 0. The zero-order valence-corrected chi connectivity index (χ0v) is 12.9. The first kappa shape index (κ1) is 14.6. The van der Waals surface area contributed by atoms with Crippen molar-refractivity contribution in [1.29, 1.82) is 0 Å². The molecule has 0 saturated heterocycles. The van der Waals surface area contributed by atoms with Crippen LogP contribution in [0.15, 0.2) is 27.1 Å². The van der Waals surface area contributed by atoms with Crippen molar-refractivity contribution in [3.63, 3.8) is 0 Å². The first-order valence-corrected chi connectivity index (χ1v) is 7.41. The minimum absolute atomic E-state index is 0.235. The molecule has 116 valence electrons. The van der Waals surface area contributed by atoms with Gasteiger partial charge in [-0.05, 0) is 44.4 Å². The van der Waals surface area contributed by atoms with Gasteiger partial charge in [0, 0.05) is 12.0 Å². The first-order chi connectivity index (χ1) is 10.5. The Morgan fingerprint density at radius 3 is 2.91 bits per heavy atom. The molecular weight excluding hydrogens is 282 g/mol. The highest BCUT2D eigenvalue weighted by atomic mass is 16.5. The van der Waals surface area contributed by atoms with E-state index in [-0.39, 0.29) is 11.9 Å². The number of hydrogen-bond acceptors (Lipinski definition) is 5. The summed E-state index contributed by atoms with van der Waals surface area (Å²) in [6.07, 6.45) is 4.29. The van der Waals surface area contributed by atoms with E-state index in [1.54, 1.807) is 19.9 Å². The van der Waals surface area contributed by atoms with Crippen LogP contribution in [0.2, 0.25) is 0 Å². The van der Waals surface area contributed by atoms with Crippen molar-refractivity contribution in [2.75, 3.05) is 0 Å². The second-order valence-electron chi connectivity index (χ2n) is 5.80. The predicted octanol–water partition coefficient (Wildman–Crippen LogP) is 2.99. The average Bonchev–Trinajstić information content (AvgIpc) is 2.91. The van der Waals surface area contributed by atoms with Crippen molar-refractivity contribution in [2.24, 2.45) is 5.92 Å². The predicted molar refractivity (Wildman–Crippen MR) is 79.9 cm³/mol. The summed E-state index contributed by atoms with van der Waals surface area (Å²) in [5, 5.41) is 6.46. The highest BCUT2D eigenvalue weighted by Gasteiger charge is 2.36. The monoisotopic (exact) mass is 301 g/mol. The van der Waals surface area contributed by atoms with Crippen LogP contribution in [-0.2, 0) is 4.79 Å². The molecule has 1 amide bonds. The van der Waals surface area contributed by atoms with Crippen LogP contribution in [0.5, 0.6) is 0 Å². The number of amides is 1. The zero-order chi connectivity index (χ0) is 15.7. The van der Waals surface area contributed by atoms with Gasteiger partial charge in [0.15, 0.2) is 5.82 Å². The van der Waals surface area contributed by atoms with Gasteiger partial charge < -0.3 is 14.3 Å². The number of hydrogen-bond donors (Lipinski definition) is 1. The van der Waals surface area contributed by atoms with E-state index in [0.717, 1.165) is 5.76 Å². The lowest BCUT2D eigenvalue weighted by atomic mass is 10.3. The summed E-state index contributed by atoms with van der Waals surface area (Å²) in [4.78, 5) is 16.0. The summed E-state index contributed by atoms with van der Waals surface area (Å²) >= 11 is 0. The molecule has 22 heavy (non-hydrogen) atoms. The second-order valence-corrected chi connectivity index (χ2v) is 5.80. The molecule has 1 aliphatic carbocycles. The molecule has 1 saturated carbocycles. The minimum Gasteiger partial charge on any atom is -0.461 e. The Labute approximate surface area is 128 Å². The maximum Gasteiger partial charge on any atom is 0.248 e. The number of aryl methyl sites for hydroxylation is 1. The lowest BCUT2D eigenvalue weighted by Crippen LogP contribution is -2.24. The maximum absolute atomic E-state index is 11.9. The van der Waals surface area contributed by atoms with Gasteiger partial charge in [-0.15, -0.1) is 0 Å². The molecular formula is C16H19N3O3. The fourth-order valence-electron chi connectivity index (χ4n) is 2.35. The fraction of sp³-hybridized carbons (Fsp3) is 0.438. The Bertz CT molecular complexity index is 701. The molecule has 1 fully saturated rings. The number of aromatic nitrogens is 2. The van der Waals surface area contributed by atoms with Gasteiger partial charge in [0.2, 0.25) is 11.8 Å². The molecule has 6 nitrogen and oxygen atoms in total. The van der Waals surface area contributed by atoms with Crippen molar-refractivity contribution in [2.45, 2.75) is 39.2 Å². The molecule has 2 heterocycles. The second kappa shape index (κ2) is 5.79. The van der Waals surface area contributed by atoms with Crippen LogP contribution < -0.4 is 5.32 Å². The molecule has 0 spiro atoms. The van der Waals surface area contributed by atoms with Gasteiger partial charge in [0.1, 0.15) is 17.6 Å². The van der Waals surface area contributed by atoms with Gasteiger partial charge in [-0.2, -0.15) is 4.98 Å². The molecule has 0 aliphatic heterocycles. The van der Waals surface area contributed by atoms with Crippen LogP contribution >= 0.6 is 0 Å². The van der Waals surface area contributed by atoms with Crippen LogP contribution in [0, 0.1) is 12.8 Å². The van der Waals surface area contributed by atoms with Gasteiger partial charge in [-0.3, -0.25) is 4.79 Å². The summed E-state index contributed by atoms with van der Waals surface area (Å²) in [5.74, 6) is 3.63. The third kappa shape index (κ3) is 3.27. The average molecular weight is 301 g/mol. The lowest BCUT2D eigenvalue weighted by molar-refractivity contribution is -0.117. The zero-order valence-electron chi connectivity index (χ0n) is 12.9. The summed E-state index contributed by atoms with van der Waals surface area (Å²) < 4.78 is 10.7. The van der Waals surface area contributed by atoms with Crippen LogP contribution in [-0.4, -0.2) is 16.0 Å². The molecule has 6 heteroatoms. The smallest absolute Gasteiger partial charge is 0.248 e. The Morgan fingerprint density at radius 2 is 2.27 bits per heavy atom. The minimum atomic E-state index is -0.335. The SMILES string of the molecule is Cc1noc(C(C)NC(=O)C=Cc2ccc(C3CC3C)o2)n1. The number of carbonyl (C=O) groups is 1. The number of nitrogens with one attached hydrogen (secondary N) is 1. The molecule has 1 aliphatic rings. The molecule has 0 radical (unpaired) electrons. The molecule has 3 atom stereocenters. The molecule has 1 N–H and O–H groups in total. The van der Waals surface area contributed by atoms with Crippen LogP contribution in [0.1, 0.15) is 55.5 Å². The third-order valence-corrected chi connectivity index (χ3v) is 3.79. The van der Waals surface area contributed by atoms with Crippen molar-refractivity contribution in [1.82, 2.24) is 15.5 Å². The number of carbonyl (C=O) groups excluding carboxylic acids is 1.